The smallest absolute Gasteiger partial charge is 0.514 e. The normalized spacial score (nSPS) is 11.9. The van der Waals surface area contributed by atoms with Gasteiger partial charge in [0.05, 0.1) is 6.26 Å². The van der Waals surface area contributed by atoms with E-state index in [4.69, 9.17) is 37.7 Å². The molecule has 0 N–H and O–H groups in total. The molecule has 0 atom stereocenters. The molecule has 0 aliphatic carbocycles. The van der Waals surface area contributed by atoms with Crippen LogP contribution in [0.3, 0.4) is 0 Å². The van der Waals surface area contributed by atoms with Gasteiger partial charge in [0.15, 0.2) is 0 Å². The molecule has 70 valence electrons. The molecule has 0 fully saturated rings. The van der Waals surface area contributed by atoms with Crippen molar-refractivity contribution in [2.45, 2.75) is 0 Å². The number of halogens is 3. The Labute approximate surface area is 92.1 Å². The molecule has 0 heterocycles. The van der Waals surface area contributed by atoms with Crippen LogP contribution >= 0.6 is 33.2 Å². The topological polar surface area (TPSA) is 9.23 Å². The fourth-order valence-corrected chi connectivity index (χ4v) is 1.44. The monoisotopic (exact) mass is 252 g/mol. The van der Waals surface area contributed by atoms with E-state index in [0.29, 0.717) is 0 Å². The summed E-state index contributed by atoms with van der Waals surface area (Å²) in [6, 6.07) is 9.64. The summed E-state index contributed by atoms with van der Waals surface area (Å²) in [5.74, 6) is 0. The van der Waals surface area contributed by atoms with Crippen LogP contribution in [0.2, 0.25) is 0 Å². The second-order valence-electron chi connectivity index (χ2n) is 2.28. The van der Waals surface area contributed by atoms with E-state index >= 15 is 0 Å². The Morgan fingerprint density at radius 1 is 1.08 bits per heavy atom. The second-order valence-corrected chi connectivity index (χ2v) is 9.94. The van der Waals surface area contributed by atoms with Crippen molar-refractivity contribution in [1.29, 1.82) is 0 Å². The van der Waals surface area contributed by atoms with Gasteiger partial charge in [0.25, 0.3) is 0 Å². The van der Waals surface area contributed by atoms with Gasteiger partial charge in [0.2, 0.25) is 0 Å². The highest BCUT2D eigenvalue weighted by atomic mass is 35.8. The predicted molar refractivity (Wildman–Crippen MR) is 59.9 cm³/mol. The molecule has 0 bridgehead atoms. The molecule has 1 aromatic carbocycles. The lowest BCUT2D eigenvalue weighted by molar-refractivity contribution is 0.520. The van der Waals surface area contributed by atoms with E-state index in [1.165, 1.54) is 6.26 Å². The zero-order chi connectivity index (χ0) is 9.73. The fraction of sp³-hybridized carbons (Fsp3) is 0. The molecular formula is C8H7Cl3OSi. The van der Waals surface area contributed by atoms with Gasteiger partial charge in [-0.05, 0) is 11.6 Å². The van der Waals surface area contributed by atoms with E-state index in [0.717, 1.165) is 5.56 Å². The van der Waals surface area contributed by atoms with Gasteiger partial charge in [-0.15, -0.1) is 0 Å². The van der Waals surface area contributed by atoms with Gasteiger partial charge in [-0.1, -0.05) is 63.6 Å². The van der Waals surface area contributed by atoms with Crippen molar-refractivity contribution in [2.24, 2.45) is 0 Å². The van der Waals surface area contributed by atoms with Crippen molar-refractivity contribution in [3.8, 4) is 0 Å². The summed E-state index contributed by atoms with van der Waals surface area (Å²) in [6.45, 7) is 0. The van der Waals surface area contributed by atoms with Crippen LogP contribution in [0.5, 0.6) is 0 Å². The zero-order valence-corrected chi connectivity index (χ0v) is 9.85. The number of hydrogen-bond donors (Lipinski definition) is 0. The maximum atomic E-state index is 5.50. The fourth-order valence-electron chi connectivity index (χ4n) is 0.754. The third-order valence-electron chi connectivity index (χ3n) is 1.26. The van der Waals surface area contributed by atoms with Crippen LogP contribution in [-0.2, 0) is 4.43 Å². The van der Waals surface area contributed by atoms with Gasteiger partial charge >= 0.3 is 6.25 Å². The summed E-state index contributed by atoms with van der Waals surface area (Å²) in [5.41, 5.74) is 1.01. The third-order valence-corrected chi connectivity index (χ3v) is 2.47. The Morgan fingerprint density at radius 3 is 2.23 bits per heavy atom. The number of hydrogen-bond acceptors (Lipinski definition) is 1. The van der Waals surface area contributed by atoms with E-state index < -0.39 is 6.25 Å². The lowest BCUT2D eigenvalue weighted by Crippen LogP contribution is -2.11. The molecule has 1 rings (SSSR count). The molecule has 0 amide bonds. The van der Waals surface area contributed by atoms with Gasteiger partial charge in [-0.3, -0.25) is 0 Å². The Balaban J connectivity index is 2.51. The summed E-state index contributed by atoms with van der Waals surface area (Å²) >= 11 is 16.5. The molecule has 0 spiro atoms. The summed E-state index contributed by atoms with van der Waals surface area (Å²) in [4.78, 5) is 0. The lowest BCUT2D eigenvalue weighted by Gasteiger charge is -2.04. The second kappa shape index (κ2) is 4.91. The van der Waals surface area contributed by atoms with E-state index in [-0.39, 0.29) is 0 Å². The van der Waals surface area contributed by atoms with Gasteiger partial charge in [-0.25, -0.2) is 0 Å². The Hall–Kier alpha value is -0.153. The van der Waals surface area contributed by atoms with Crippen LogP contribution in [0.1, 0.15) is 5.56 Å². The quantitative estimate of drug-likeness (QED) is 0.452. The molecule has 0 saturated carbocycles. The number of rotatable bonds is 3. The average molecular weight is 254 g/mol. The minimum Gasteiger partial charge on any atom is -0.514 e. The Morgan fingerprint density at radius 2 is 1.69 bits per heavy atom. The van der Waals surface area contributed by atoms with E-state index in [2.05, 4.69) is 0 Å². The minimum absolute atomic E-state index is 1.01. The van der Waals surface area contributed by atoms with Crippen molar-refractivity contribution in [2.75, 3.05) is 0 Å². The first-order valence-electron chi connectivity index (χ1n) is 3.54. The van der Waals surface area contributed by atoms with E-state index in [1.807, 2.05) is 30.3 Å². The van der Waals surface area contributed by atoms with Crippen molar-refractivity contribution >= 4 is 45.6 Å². The first-order valence-corrected chi connectivity index (χ1v) is 8.48. The van der Waals surface area contributed by atoms with Crippen LogP contribution in [0.25, 0.3) is 6.08 Å². The van der Waals surface area contributed by atoms with Crippen molar-refractivity contribution in [3.05, 3.63) is 42.2 Å². The molecule has 13 heavy (non-hydrogen) atoms. The maximum absolute atomic E-state index is 5.50. The van der Waals surface area contributed by atoms with E-state index in [1.54, 1.807) is 6.08 Å². The maximum Gasteiger partial charge on any atom is 0.555 e. The van der Waals surface area contributed by atoms with Gasteiger partial charge < -0.3 is 4.43 Å². The molecule has 0 radical (unpaired) electrons. The van der Waals surface area contributed by atoms with Crippen LogP contribution in [0, 0.1) is 0 Å². The largest absolute Gasteiger partial charge is 0.555 e. The first kappa shape index (κ1) is 10.9. The standard InChI is InChI=1S/C8H7Cl3OSi/c9-13(10,11)12-7-6-8-4-2-1-3-5-8/h1-7H/b7-6+. The highest BCUT2D eigenvalue weighted by Crippen LogP contribution is 2.21. The average Bonchev–Trinajstić information content (AvgIpc) is 2.04. The highest BCUT2D eigenvalue weighted by molar-refractivity contribution is 7.62. The third kappa shape index (κ3) is 5.21. The summed E-state index contributed by atoms with van der Waals surface area (Å²) < 4.78 is 4.89. The summed E-state index contributed by atoms with van der Waals surface area (Å²) in [6.07, 6.45) is 0.175. The lowest BCUT2D eigenvalue weighted by atomic mass is 10.2. The van der Waals surface area contributed by atoms with Gasteiger partial charge in [0, 0.05) is 0 Å². The molecule has 0 aliphatic heterocycles. The molecular weight excluding hydrogens is 247 g/mol. The van der Waals surface area contributed by atoms with E-state index in [9.17, 15) is 0 Å². The van der Waals surface area contributed by atoms with Gasteiger partial charge in [-0.2, -0.15) is 0 Å². The van der Waals surface area contributed by atoms with Crippen molar-refractivity contribution in [1.82, 2.24) is 0 Å². The minimum atomic E-state index is -2.98. The van der Waals surface area contributed by atoms with Crippen molar-refractivity contribution < 1.29 is 4.43 Å². The molecule has 0 saturated heterocycles. The summed E-state index contributed by atoms with van der Waals surface area (Å²) in [5, 5.41) is 0. The number of benzene rings is 1. The molecule has 5 heteroatoms. The highest BCUT2D eigenvalue weighted by Gasteiger charge is 2.27. The molecule has 0 unspecified atom stereocenters. The predicted octanol–water partition coefficient (Wildman–Crippen LogP) is 3.83. The van der Waals surface area contributed by atoms with Crippen LogP contribution in [-0.4, -0.2) is 6.25 Å². The molecule has 0 aliphatic rings. The molecule has 0 aromatic heterocycles. The summed E-state index contributed by atoms with van der Waals surface area (Å²) in [7, 11) is 0. The molecule has 1 aromatic rings. The zero-order valence-electron chi connectivity index (χ0n) is 6.58. The van der Waals surface area contributed by atoms with Crippen LogP contribution in [0.15, 0.2) is 36.6 Å². The van der Waals surface area contributed by atoms with Gasteiger partial charge in [0.1, 0.15) is 0 Å². The van der Waals surface area contributed by atoms with Crippen molar-refractivity contribution in [3.63, 3.8) is 0 Å². The van der Waals surface area contributed by atoms with Crippen LogP contribution < -0.4 is 0 Å². The first-order chi connectivity index (χ1) is 6.08. The molecule has 1 nitrogen and oxygen atoms in total. The van der Waals surface area contributed by atoms with Crippen LogP contribution in [0.4, 0.5) is 0 Å². The Bertz CT molecular complexity index is 281. The Kier molecular flexibility index (Phi) is 4.13. The SMILES string of the molecule is Cl[Si](Cl)(Cl)O/C=C/c1ccccc1.